The minimum Gasteiger partial charge on any atom is -0.465 e. The maximum absolute atomic E-state index is 13.9. The van der Waals surface area contributed by atoms with Crippen LogP contribution in [0.1, 0.15) is 48.0 Å². The van der Waals surface area contributed by atoms with Crippen LogP contribution in [-0.2, 0) is 15.1 Å². The van der Waals surface area contributed by atoms with Gasteiger partial charge in [0, 0.05) is 37.4 Å². The number of hydrogen-bond donors (Lipinski definition) is 1. The highest BCUT2D eigenvalue weighted by Gasteiger charge is 2.62. The Kier molecular flexibility index (Phi) is 8.57. The summed E-state index contributed by atoms with van der Waals surface area (Å²) in [5, 5.41) is 11.0. The molecule has 1 N–H and O–H groups in total. The summed E-state index contributed by atoms with van der Waals surface area (Å²) in [5.41, 5.74) is -2.74. The number of benzene rings is 2. The van der Waals surface area contributed by atoms with Gasteiger partial charge in [-0.2, -0.15) is 13.2 Å². The normalized spacial score (nSPS) is 19.2. The van der Waals surface area contributed by atoms with Gasteiger partial charge < -0.3 is 19.6 Å². The van der Waals surface area contributed by atoms with Crippen molar-refractivity contribution in [3.63, 3.8) is 0 Å². The highest BCUT2D eigenvalue weighted by atomic mass is 35.5. The molecule has 1 atom stereocenters. The lowest BCUT2D eigenvalue weighted by Crippen LogP contribution is -2.57. The van der Waals surface area contributed by atoms with E-state index in [1.807, 2.05) is 6.07 Å². The largest absolute Gasteiger partial charge is 0.465 e. The Morgan fingerprint density at radius 3 is 2.08 bits per heavy atom. The Morgan fingerprint density at radius 1 is 0.974 bits per heavy atom. The minimum absolute atomic E-state index is 0.193. The zero-order valence-corrected chi connectivity index (χ0v) is 22.0. The van der Waals surface area contributed by atoms with Crippen molar-refractivity contribution in [2.75, 3.05) is 38.2 Å². The molecule has 0 aromatic heterocycles. The van der Waals surface area contributed by atoms with Crippen LogP contribution in [0.15, 0.2) is 48.5 Å². The maximum atomic E-state index is 13.9. The number of esters is 1. The van der Waals surface area contributed by atoms with Crippen molar-refractivity contribution in [2.45, 2.75) is 43.9 Å². The summed E-state index contributed by atoms with van der Waals surface area (Å²) in [4.78, 5) is 28.1. The molecule has 2 aromatic rings. The van der Waals surface area contributed by atoms with Crippen LogP contribution in [0.5, 0.6) is 0 Å². The summed E-state index contributed by atoms with van der Waals surface area (Å²) in [6.45, 7) is 2.06. The standard InChI is InChI=1S/C28H32ClF3N2O4/c1-38-25(35)23-8-7-22(18-24(23)29)33-13-9-19(10-14-33)17-20-11-15-34(16-12-20)26(36)27(37,28(30,31)32)21-5-3-2-4-6-21/h2-8,18-20,37H,9-17H2,1H3. The highest BCUT2D eigenvalue weighted by molar-refractivity contribution is 6.33. The van der Waals surface area contributed by atoms with E-state index in [-0.39, 0.29) is 13.1 Å². The molecule has 6 nitrogen and oxygen atoms in total. The molecule has 2 saturated heterocycles. The molecule has 2 heterocycles. The van der Waals surface area contributed by atoms with Crippen LogP contribution in [-0.4, -0.2) is 61.3 Å². The van der Waals surface area contributed by atoms with Crippen molar-refractivity contribution < 1.29 is 32.6 Å². The fraction of sp³-hybridized carbons (Fsp3) is 0.500. The van der Waals surface area contributed by atoms with Crippen molar-refractivity contribution in [3.8, 4) is 0 Å². The number of carbonyl (C=O) groups is 2. The van der Waals surface area contributed by atoms with Crippen molar-refractivity contribution in [2.24, 2.45) is 11.8 Å². The molecule has 0 spiro atoms. The van der Waals surface area contributed by atoms with Gasteiger partial charge >= 0.3 is 12.1 Å². The van der Waals surface area contributed by atoms with Crippen molar-refractivity contribution in [3.05, 3.63) is 64.7 Å². The van der Waals surface area contributed by atoms with E-state index in [9.17, 15) is 27.9 Å². The number of aliphatic hydroxyl groups is 1. The molecule has 0 aliphatic carbocycles. The predicted molar refractivity (Wildman–Crippen MR) is 138 cm³/mol. The fourth-order valence-electron chi connectivity index (χ4n) is 5.56. The number of rotatable bonds is 6. The van der Waals surface area contributed by atoms with Crippen LogP contribution in [0.2, 0.25) is 5.02 Å². The van der Waals surface area contributed by atoms with Crippen LogP contribution in [0.4, 0.5) is 18.9 Å². The van der Waals surface area contributed by atoms with Gasteiger partial charge in [0.25, 0.3) is 11.5 Å². The number of alkyl halides is 3. The van der Waals surface area contributed by atoms with E-state index in [2.05, 4.69) is 4.90 Å². The summed E-state index contributed by atoms with van der Waals surface area (Å²) < 4.78 is 46.4. The molecule has 2 aliphatic rings. The second kappa shape index (κ2) is 11.5. The molecule has 2 fully saturated rings. The molecule has 38 heavy (non-hydrogen) atoms. The van der Waals surface area contributed by atoms with Gasteiger partial charge in [0.15, 0.2) is 0 Å². The first kappa shape index (κ1) is 28.2. The molecule has 0 bridgehead atoms. The quantitative estimate of drug-likeness (QED) is 0.485. The summed E-state index contributed by atoms with van der Waals surface area (Å²) in [6.07, 6.45) is -1.01. The SMILES string of the molecule is COC(=O)c1ccc(N2CCC(CC3CCN(C(=O)C(O)(c4ccccc4)C(F)(F)F)CC3)CC2)cc1Cl. The lowest BCUT2D eigenvalue weighted by molar-refractivity contribution is -0.262. The van der Waals surface area contributed by atoms with E-state index in [4.69, 9.17) is 16.3 Å². The van der Waals surface area contributed by atoms with Crippen LogP contribution in [0, 0.1) is 11.8 Å². The van der Waals surface area contributed by atoms with Gasteiger partial charge in [-0.3, -0.25) is 4.79 Å². The number of nitrogens with zero attached hydrogens (tertiary/aromatic N) is 2. The molecule has 1 amide bonds. The summed E-state index contributed by atoms with van der Waals surface area (Å²) in [7, 11) is 1.31. The number of hydrogen-bond acceptors (Lipinski definition) is 5. The monoisotopic (exact) mass is 552 g/mol. The lowest BCUT2D eigenvalue weighted by atomic mass is 9.82. The van der Waals surface area contributed by atoms with Gasteiger partial charge in [-0.15, -0.1) is 0 Å². The van der Waals surface area contributed by atoms with Crippen molar-refractivity contribution in [1.82, 2.24) is 4.90 Å². The average molecular weight is 553 g/mol. The smallest absolute Gasteiger partial charge is 0.430 e. The van der Waals surface area contributed by atoms with E-state index in [1.54, 1.807) is 12.1 Å². The minimum atomic E-state index is -5.12. The van der Waals surface area contributed by atoms with E-state index >= 15 is 0 Å². The summed E-state index contributed by atoms with van der Waals surface area (Å²) in [6, 6.07) is 11.9. The Labute approximate surface area is 225 Å². The number of methoxy groups -OCH3 is 1. The van der Waals surface area contributed by atoms with E-state index < -0.39 is 29.2 Å². The number of amides is 1. The van der Waals surface area contributed by atoms with Crippen LogP contribution in [0.25, 0.3) is 0 Å². The van der Waals surface area contributed by atoms with Crippen molar-refractivity contribution >= 4 is 29.2 Å². The Bertz CT molecular complexity index is 1130. The molecular formula is C28H32ClF3N2O4. The summed E-state index contributed by atoms with van der Waals surface area (Å²) >= 11 is 6.27. The molecule has 0 saturated carbocycles. The second-order valence-corrected chi connectivity index (χ2v) is 10.5. The third-order valence-electron chi connectivity index (χ3n) is 7.82. The highest BCUT2D eigenvalue weighted by Crippen LogP contribution is 2.41. The Morgan fingerprint density at radius 2 is 1.55 bits per heavy atom. The number of piperidine rings is 2. The van der Waals surface area contributed by atoms with Gasteiger partial charge in [0.2, 0.25) is 0 Å². The van der Waals surface area contributed by atoms with Crippen LogP contribution < -0.4 is 4.90 Å². The zero-order valence-electron chi connectivity index (χ0n) is 21.2. The molecule has 4 rings (SSSR count). The number of ether oxygens (including phenoxy) is 1. The number of anilines is 1. The van der Waals surface area contributed by atoms with Gasteiger partial charge in [0.1, 0.15) is 0 Å². The Hall–Kier alpha value is -2.78. The first-order valence-electron chi connectivity index (χ1n) is 12.8. The van der Waals surface area contributed by atoms with Crippen molar-refractivity contribution in [1.29, 1.82) is 0 Å². The molecule has 1 unspecified atom stereocenters. The lowest BCUT2D eigenvalue weighted by Gasteiger charge is -2.40. The molecule has 206 valence electrons. The third kappa shape index (κ3) is 5.78. The molecular weight excluding hydrogens is 521 g/mol. The van der Waals surface area contributed by atoms with Crippen LogP contribution >= 0.6 is 11.6 Å². The van der Waals surface area contributed by atoms with E-state index in [0.29, 0.717) is 35.3 Å². The second-order valence-electron chi connectivity index (χ2n) is 10.1. The first-order valence-corrected chi connectivity index (χ1v) is 13.2. The molecule has 2 aromatic carbocycles. The number of carbonyl (C=O) groups excluding carboxylic acids is 2. The molecule has 2 aliphatic heterocycles. The zero-order chi connectivity index (χ0) is 27.5. The van der Waals surface area contributed by atoms with Gasteiger partial charge in [0.05, 0.1) is 17.7 Å². The average Bonchev–Trinajstić information content (AvgIpc) is 2.92. The van der Waals surface area contributed by atoms with Gasteiger partial charge in [-0.25, -0.2) is 4.79 Å². The predicted octanol–water partition coefficient (Wildman–Crippen LogP) is 5.42. The van der Waals surface area contributed by atoms with Gasteiger partial charge in [-0.05, 0) is 62.1 Å². The first-order chi connectivity index (χ1) is 18.0. The van der Waals surface area contributed by atoms with E-state index in [1.165, 1.54) is 25.3 Å². The molecule has 10 heteroatoms. The Balaban J connectivity index is 1.29. The number of halogens is 4. The van der Waals surface area contributed by atoms with Gasteiger partial charge in [-0.1, -0.05) is 41.9 Å². The topological polar surface area (TPSA) is 70.1 Å². The van der Waals surface area contributed by atoms with E-state index in [0.717, 1.165) is 55.1 Å². The molecule has 0 radical (unpaired) electrons. The van der Waals surface area contributed by atoms with Crippen LogP contribution in [0.3, 0.4) is 0 Å². The summed E-state index contributed by atoms with van der Waals surface area (Å²) in [5.74, 6) is -0.976. The fourth-order valence-corrected chi connectivity index (χ4v) is 5.81. The third-order valence-corrected chi connectivity index (χ3v) is 8.13. The number of likely N-dealkylation sites (tertiary alicyclic amines) is 1. The maximum Gasteiger partial charge on any atom is 0.430 e.